The molecule has 1 aromatic rings. The molecule has 0 radical (unpaired) electrons. The van der Waals surface area contributed by atoms with Crippen LogP contribution in [0, 0.1) is 0 Å². The second kappa shape index (κ2) is 5.36. The number of ether oxygens (including phenoxy) is 1. The second-order valence-electron chi connectivity index (χ2n) is 3.17. The van der Waals surface area contributed by atoms with E-state index < -0.39 is 0 Å². The van der Waals surface area contributed by atoms with Crippen LogP contribution >= 0.6 is 0 Å². The van der Waals surface area contributed by atoms with E-state index in [0.717, 1.165) is 11.1 Å². The zero-order chi connectivity index (χ0) is 11.3. The Morgan fingerprint density at radius 3 is 2.80 bits per heavy atom. The third-order valence-corrected chi connectivity index (χ3v) is 2.03. The Bertz CT molecular complexity index is 350. The maximum atomic E-state index is 11.2. The summed E-state index contributed by atoms with van der Waals surface area (Å²) in [7, 11) is 0. The molecule has 0 aliphatic rings. The molecule has 0 unspecified atom stereocenters. The molecule has 1 rings (SSSR count). The Hall–Kier alpha value is -1.55. The van der Waals surface area contributed by atoms with Crippen molar-refractivity contribution in [1.29, 1.82) is 0 Å². The smallest absolute Gasteiger partial charge is 0.310 e. The van der Waals surface area contributed by atoms with Gasteiger partial charge in [0.1, 0.15) is 0 Å². The van der Waals surface area contributed by atoms with Crippen molar-refractivity contribution in [2.45, 2.75) is 20.0 Å². The number of benzene rings is 1. The van der Waals surface area contributed by atoms with Gasteiger partial charge in [0.2, 0.25) is 0 Å². The van der Waals surface area contributed by atoms with Crippen LogP contribution in [-0.4, -0.2) is 17.7 Å². The Morgan fingerprint density at radius 1 is 1.53 bits per heavy atom. The first kappa shape index (κ1) is 11.5. The Morgan fingerprint density at radius 2 is 2.27 bits per heavy atom. The number of carbonyl (C=O) groups is 1. The van der Waals surface area contributed by atoms with Crippen molar-refractivity contribution in [2.75, 3.05) is 12.3 Å². The van der Waals surface area contributed by atoms with Gasteiger partial charge in [-0.25, -0.2) is 0 Å². The molecule has 0 aliphatic heterocycles. The zero-order valence-electron chi connectivity index (χ0n) is 8.69. The summed E-state index contributed by atoms with van der Waals surface area (Å²) in [5.74, 6) is -0.291. The molecule has 0 heterocycles. The highest BCUT2D eigenvalue weighted by Crippen LogP contribution is 2.15. The molecule has 3 N–H and O–H groups in total. The molecule has 0 aliphatic carbocycles. The topological polar surface area (TPSA) is 72.5 Å². The number of anilines is 1. The predicted octanol–water partition coefficient (Wildman–Crippen LogP) is 0.867. The van der Waals surface area contributed by atoms with E-state index in [-0.39, 0.29) is 19.0 Å². The zero-order valence-corrected chi connectivity index (χ0v) is 8.69. The summed E-state index contributed by atoms with van der Waals surface area (Å²) in [5.41, 5.74) is 7.70. The number of aliphatic hydroxyl groups is 1. The van der Waals surface area contributed by atoms with Crippen molar-refractivity contribution in [2.24, 2.45) is 0 Å². The van der Waals surface area contributed by atoms with E-state index in [1.54, 1.807) is 25.1 Å². The van der Waals surface area contributed by atoms with Crippen LogP contribution in [0.25, 0.3) is 0 Å². The molecule has 0 spiro atoms. The van der Waals surface area contributed by atoms with E-state index in [2.05, 4.69) is 0 Å². The molecule has 0 fully saturated rings. The Balaban J connectivity index is 2.73. The standard InChI is InChI=1S/C11H15NO3/c1-2-15-11(14)6-9-4-3-8(7-13)5-10(9)12/h3-5,13H,2,6-7,12H2,1H3. The molecule has 15 heavy (non-hydrogen) atoms. The summed E-state index contributed by atoms with van der Waals surface area (Å²) in [6.07, 6.45) is 0.172. The number of esters is 1. The van der Waals surface area contributed by atoms with Crippen LogP contribution in [0.3, 0.4) is 0 Å². The molecule has 1 aromatic carbocycles. The lowest BCUT2D eigenvalue weighted by atomic mass is 10.1. The summed E-state index contributed by atoms with van der Waals surface area (Å²) in [6.45, 7) is 2.08. The number of hydrogen-bond acceptors (Lipinski definition) is 4. The summed E-state index contributed by atoms with van der Waals surface area (Å²) < 4.78 is 4.81. The summed E-state index contributed by atoms with van der Waals surface area (Å²) in [4.78, 5) is 11.2. The Kier molecular flexibility index (Phi) is 4.12. The molecule has 0 saturated carbocycles. The molecular weight excluding hydrogens is 194 g/mol. The number of nitrogen functional groups attached to an aromatic ring is 1. The average Bonchev–Trinajstić information content (AvgIpc) is 2.21. The largest absolute Gasteiger partial charge is 0.466 e. The van der Waals surface area contributed by atoms with Gasteiger partial charge >= 0.3 is 5.97 Å². The molecule has 0 amide bonds. The molecule has 82 valence electrons. The molecule has 4 nitrogen and oxygen atoms in total. The van der Waals surface area contributed by atoms with Gasteiger partial charge in [-0.1, -0.05) is 12.1 Å². The first-order valence-corrected chi connectivity index (χ1v) is 4.81. The number of carbonyl (C=O) groups excluding carboxylic acids is 1. The average molecular weight is 209 g/mol. The third kappa shape index (κ3) is 3.25. The van der Waals surface area contributed by atoms with Crippen molar-refractivity contribution < 1.29 is 14.6 Å². The minimum atomic E-state index is -0.291. The first-order valence-electron chi connectivity index (χ1n) is 4.81. The van der Waals surface area contributed by atoms with Crippen molar-refractivity contribution in [3.63, 3.8) is 0 Å². The monoisotopic (exact) mass is 209 g/mol. The highest BCUT2D eigenvalue weighted by molar-refractivity contribution is 5.74. The van der Waals surface area contributed by atoms with E-state index in [0.29, 0.717) is 12.3 Å². The van der Waals surface area contributed by atoms with Gasteiger partial charge in [0, 0.05) is 5.69 Å². The van der Waals surface area contributed by atoms with Gasteiger partial charge in [-0.15, -0.1) is 0 Å². The fraction of sp³-hybridized carbons (Fsp3) is 0.364. The van der Waals surface area contributed by atoms with Gasteiger partial charge in [-0.2, -0.15) is 0 Å². The normalized spacial score (nSPS) is 10.0. The van der Waals surface area contributed by atoms with Gasteiger partial charge in [-0.3, -0.25) is 4.79 Å². The Labute approximate surface area is 88.7 Å². The molecule has 0 bridgehead atoms. The summed E-state index contributed by atoms with van der Waals surface area (Å²) in [5, 5.41) is 8.87. The number of nitrogens with two attached hydrogens (primary N) is 1. The van der Waals surface area contributed by atoms with E-state index in [9.17, 15) is 4.79 Å². The van der Waals surface area contributed by atoms with Crippen molar-refractivity contribution in [3.05, 3.63) is 29.3 Å². The maximum absolute atomic E-state index is 11.2. The summed E-state index contributed by atoms with van der Waals surface area (Å²) >= 11 is 0. The molecule has 4 heteroatoms. The van der Waals surface area contributed by atoms with Crippen molar-refractivity contribution in [3.8, 4) is 0 Å². The second-order valence-corrected chi connectivity index (χ2v) is 3.17. The maximum Gasteiger partial charge on any atom is 0.310 e. The van der Waals surface area contributed by atoms with Gasteiger partial charge in [0.15, 0.2) is 0 Å². The van der Waals surface area contributed by atoms with E-state index >= 15 is 0 Å². The van der Waals surface area contributed by atoms with Gasteiger partial charge in [0.25, 0.3) is 0 Å². The van der Waals surface area contributed by atoms with Crippen LogP contribution in [0.15, 0.2) is 18.2 Å². The van der Waals surface area contributed by atoms with E-state index in [4.69, 9.17) is 15.6 Å². The molecule has 0 aromatic heterocycles. The number of rotatable bonds is 4. The number of aliphatic hydroxyl groups excluding tert-OH is 1. The van der Waals surface area contributed by atoms with Crippen LogP contribution in [0.2, 0.25) is 0 Å². The lowest BCUT2D eigenvalue weighted by Gasteiger charge is -2.06. The lowest BCUT2D eigenvalue weighted by molar-refractivity contribution is -0.142. The van der Waals surface area contributed by atoms with E-state index in [1.807, 2.05) is 0 Å². The molecule has 0 atom stereocenters. The van der Waals surface area contributed by atoms with Crippen LogP contribution in [0.5, 0.6) is 0 Å². The fourth-order valence-corrected chi connectivity index (χ4v) is 1.27. The predicted molar refractivity (Wildman–Crippen MR) is 57.1 cm³/mol. The van der Waals surface area contributed by atoms with Crippen LogP contribution in [0.1, 0.15) is 18.1 Å². The van der Waals surface area contributed by atoms with Crippen molar-refractivity contribution >= 4 is 11.7 Å². The first-order chi connectivity index (χ1) is 7.17. The lowest BCUT2D eigenvalue weighted by Crippen LogP contribution is -2.09. The van der Waals surface area contributed by atoms with Gasteiger partial charge < -0.3 is 15.6 Å². The van der Waals surface area contributed by atoms with Crippen LogP contribution in [0.4, 0.5) is 5.69 Å². The van der Waals surface area contributed by atoms with Crippen LogP contribution in [-0.2, 0) is 22.6 Å². The highest BCUT2D eigenvalue weighted by atomic mass is 16.5. The van der Waals surface area contributed by atoms with Crippen molar-refractivity contribution in [1.82, 2.24) is 0 Å². The van der Waals surface area contributed by atoms with Crippen LogP contribution < -0.4 is 5.73 Å². The summed E-state index contributed by atoms with van der Waals surface area (Å²) in [6, 6.07) is 5.14. The highest BCUT2D eigenvalue weighted by Gasteiger charge is 2.07. The van der Waals surface area contributed by atoms with Gasteiger partial charge in [0.05, 0.1) is 19.6 Å². The minimum Gasteiger partial charge on any atom is -0.466 e. The molecular formula is C11H15NO3. The van der Waals surface area contributed by atoms with E-state index in [1.165, 1.54) is 0 Å². The third-order valence-electron chi connectivity index (χ3n) is 2.03. The SMILES string of the molecule is CCOC(=O)Cc1ccc(CO)cc1N. The van der Waals surface area contributed by atoms with Gasteiger partial charge in [-0.05, 0) is 24.1 Å². The quantitative estimate of drug-likeness (QED) is 0.570. The fourth-order valence-electron chi connectivity index (χ4n) is 1.27. The molecule has 0 saturated heterocycles. The minimum absolute atomic E-state index is 0.0517. The number of hydrogen-bond donors (Lipinski definition) is 2.